The lowest BCUT2D eigenvalue weighted by molar-refractivity contribution is -0.118. The maximum Gasteiger partial charge on any atom is 0.167 e. The van der Waals surface area contributed by atoms with E-state index in [9.17, 15) is 4.79 Å². The highest BCUT2D eigenvalue weighted by Crippen LogP contribution is 2.47. The predicted molar refractivity (Wildman–Crippen MR) is 93.7 cm³/mol. The molecule has 0 saturated carbocycles. The number of hydrogen-bond donors (Lipinski definition) is 0. The van der Waals surface area contributed by atoms with Crippen molar-refractivity contribution in [1.82, 2.24) is 4.90 Å². The van der Waals surface area contributed by atoms with Crippen molar-refractivity contribution < 1.29 is 9.63 Å². The minimum absolute atomic E-state index is 0.00690. The van der Waals surface area contributed by atoms with Crippen molar-refractivity contribution in [3.05, 3.63) is 46.7 Å². The summed E-state index contributed by atoms with van der Waals surface area (Å²) in [4.78, 5) is 20.4. The van der Waals surface area contributed by atoms with Gasteiger partial charge in [-0.15, -0.1) is 0 Å². The molecule has 1 atom stereocenters. The molecular formula is C20H24N2O2. The van der Waals surface area contributed by atoms with Crippen molar-refractivity contribution in [2.75, 3.05) is 13.7 Å². The first-order chi connectivity index (χ1) is 11.5. The number of nitrogens with zero attached hydrogens (tertiary/aromatic N) is 2. The summed E-state index contributed by atoms with van der Waals surface area (Å²) in [6.45, 7) is 5.34. The zero-order valence-corrected chi connectivity index (χ0v) is 14.6. The summed E-state index contributed by atoms with van der Waals surface area (Å²) in [5.74, 6) is 0.217. The van der Waals surface area contributed by atoms with E-state index in [0.29, 0.717) is 6.42 Å². The van der Waals surface area contributed by atoms with E-state index in [1.165, 1.54) is 16.8 Å². The number of Topliss-reactive ketones (excluding diaryl/α,β-unsaturated/α-hetero) is 1. The van der Waals surface area contributed by atoms with Crippen LogP contribution < -0.4 is 0 Å². The van der Waals surface area contributed by atoms with Gasteiger partial charge < -0.3 is 9.74 Å². The Labute approximate surface area is 143 Å². The first kappa shape index (κ1) is 15.4. The fourth-order valence-electron chi connectivity index (χ4n) is 4.53. The fourth-order valence-corrected chi connectivity index (χ4v) is 4.53. The van der Waals surface area contributed by atoms with Crippen LogP contribution in [-0.4, -0.2) is 30.0 Å². The molecule has 1 aromatic carbocycles. The number of allylic oxidation sites excluding steroid dienone is 2. The third-order valence-electron chi connectivity index (χ3n) is 5.49. The van der Waals surface area contributed by atoms with Crippen LogP contribution in [0.15, 0.2) is 40.7 Å². The van der Waals surface area contributed by atoms with Gasteiger partial charge in [0.25, 0.3) is 0 Å². The highest BCUT2D eigenvalue weighted by Gasteiger charge is 2.44. The van der Waals surface area contributed by atoms with Gasteiger partial charge in [0.1, 0.15) is 7.11 Å². The van der Waals surface area contributed by atoms with Crippen molar-refractivity contribution in [3.8, 4) is 0 Å². The van der Waals surface area contributed by atoms with E-state index in [1.54, 1.807) is 7.11 Å². The van der Waals surface area contributed by atoms with Gasteiger partial charge in [-0.25, -0.2) is 0 Å². The highest BCUT2D eigenvalue weighted by atomic mass is 16.6. The lowest BCUT2D eigenvalue weighted by atomic mass is 9.71. The number of carbonyl (C=O) groups excluding carboxylic acids is 1. The largest absolute Gasteiger partial charge is 0.399 e. The predicted octanol–water partition coefficient (Wildman–Crippen LogP) is 3.64. The monoisotopic (exact) mass is 324 g/mol. The molecule has 0 spiro atoms. The third-order valence-corrected chi connectivity index (χ3v) is 5.49. The topological polar surface area (TPSA) is 41.9 Å². The van der Waals surface area contributed by atoms with Gasteiger partial charge in [-0.05, 0) is 29.4 Å². The van der Waals surface area contributed by atoms with Crippen LogP contribution in [-0.2, 0) is 16.1 Å². The van der Waals surface area contributed by atoms with Crippen LogP contribution in [0.25, 0.3) is 0 Å². The molecule has 1 aliphatic carbocycles. The molecule has 0 N–H and O–H groups in total. The molecule has 0 bridgehead atoms. The second kappa shape index (κ2) is 5.47. The molecule has 126 valence electrons. The van der Waals surface area contributed by atoms with Crippen LogP contribution in [0.4, 0.5) is 0 Å². The van der Waals surface area contributed by atoms with Gasteiger partial charge in [0, 0.05) is 25.1 Å². The zero-order chi connectivity index (χ0) is 16.9. The molecule has 4 heteroatoms. The molecule has 2 heterocycles. The van der Waals surface area contributed by atoms with Gasteiger partial charge in [0.05, 0.1) is 17.3 Å². The molecule has 0 aromatic heterocycles. The zero-order valence-electron chi connectivity index (χ0n) is 14.6. The van der Waals surface area contributed by atoms with E-state index < -0.39 is 0 Å². The van der Waals surface area contributed by atoms with Gasteiger partial charge in [-0.3, -0.25) is 4.79 Å². The Bertz CT molecular complexity index is 761. The maximum atomic E-state index is 12.8. The SMILES string of the molecule is CO/N=C1/C[C@H]2c3ccccc3CCN2C2=C1C(=O)CC(C)(C)C2. The summed E-state index contributed by atoms with van der Waals surface area (Å²) in [6, 6.07) is 8.93. The van der Waals surface area contributed by atoms with Gasteiger partial charge in [0.15, 0.2) is 5.78 Å². The van der Waals surface area contributed by atoms with E-state index >= 15 is 0 Å². The van der Waals surface area contributed by atoms with Crippen LogP contribution in [0.1, 0.15) is 50.3 Å². The van der Waals surface area contributed by atoms with Crippen molar-refractivity contribution in [3.63, 3.8) is 0 Å². The smallest absolute Gasteiger partial charge is 0.167 e. The summed E-state index contributed by atoms with van der Waals surface area (Å²) in [6.07, 6.45) is 3.30. The number of carbonyl (C=O) groups is 1. The van der Waals surface area contributed by atoms with E-state index in [1.807, 2.05) is 0 Å². The van der Waals surface area contributed by atoms with Crippen molar-refractivity contribution in [1.29, 1.82) is 0 Å². The number of benzene rings is 1. The second-order valence-electron chi connectivity index (χ2n) is 7.85. The van der Waals surface area contributed by atoms with Crippen molar-refractivity contribution in [2.45, 2.75) is 45.6 Å². The first-order valence-electron chi connectivity index (χ1n) is 8.71. The van der Waals surface area contributed by atoms with E-state index in [0.717, 1.165) is 37.1 Å². The van der Waals surface area contributed by atoms with Gasteiger partial charge in [0.2, 0.25) is 0 Å². The third kappa shape index (κ3) is 2.36. The molecule has 0 unspecified atom stereocenters. The van der Waals surface area contributed by atoms with Crippen molar-refractivity contribution >= 4 is 11.5 Å². The molecule has 0 fully saturated rings. The molecule has 2 aliphatic heterocycles. The molecule has 4 rings (SSSR count). The average Bonchev–Trinajstić information content (AvgIpc) is 2.53. The van der Waals surface area contributed by atoms with Gasteiger partial charge >= 0.3 is 0 Å². The highest BCUT2D eigenvalue weighted by molar-refractivity contribution is 6.24. The van der Waals surface area contributed by atoms with Crippen LogP contribution in [0, 0.1) is 5.41 Å². The maximum absolute atomic E-state index is 12.8. The van der Waals surface area contributed by atoms with Crippen LogP contribution in [0.3, 0.4) is 0 Å². The molecule has 24 heavy (non-hydrogen) atoms. The molecule has 0 amide bonds. The van der Waals surface area contributed by atoms with Crippen molar-refractivity contribution in [2.24, 2.45) is 10.6 Å². The Balaban J connectivity index is 1.86. The summed E-state index contributed by atoms with van der Waals surface area (Å²) in [5.41, 5.74) is 5.62. The van der Waals surface area contributed by atoms with E-state index in [-0.39, 0.29) is 17.2 Å². The van der Waals surface area contributed by atoms with Gasteiger partial charge in [-0.1, -0.05) is 43.3 Å². The molecule has 3 aliphatic rings. The molecule has 1 aromatic rings. The van der Waals surface area contributed by atoms with Crippen LogP contribution >= 0.6 is 0 Å². The lowest BCUT2D eigenvalue weighted by Gasteiger charge is -2.48. The number of ketones is 1. The first-order valence-corrected chi connectivity index (χ1v) is 8.71. The average molecular weight is 324 g/mol. The molecule has 0 saturated heterocycles. The number of oxime groups is 1. The quantitative estimate of drug-likeness (QED) is 0.741. The van der Waals surface area contributed by atoms with Gasteiger partial charge in [-0.2, -0.15) is 0 Å². The minimum atomic E-state index is 0.00690. The molecular weight excluding hydrogens is 300 g/mol. The number of rotatable bonds is 1. The normalized spacial score (nSPS) is 26.8. The summed E-state index contributed by atoms with van der Waals surface area (Å²) < 4.78 is 0. The Morgan fingerprint density at radius 1 is 1.25 bits per heavy atom. The Morgan fingerprint density at radius 3 is 2.83 bits per heavy atom. The standard InChI is InChI=1S/C20H24N2O2/c1-20(2)11-17-19(18(23)12-20)15(21-24-3)10-16-14-7-5-4-6-13(14)8-9-22(16)17/h4-7,16H,8-12H2,1-3H3/b21-15-/t16-/m0/s1. The van der Waals surface area contributed by atoms with E-state index in [2.05, 4.69) is 48.2 Å². The summed E-state index contributed by atoms with van der Waals surface area (Å²) in [7, 11) is 1.56. The van der Waals surface area contributed by atoms with E-state index in [4.69, 9.17) is 4.84 Å². The molecule has 4 nitrogen and oxygen atoms in total. The minimum Gasteiger partial charge on any atom is -0.399 e. The summed E-state index contributed by atoms with van der Waals surface area (Å²) in [5, 5.41) is 4.24. The Kier molecular flexibility index (Phi) is 3.52. The Hall–Kier alpha value is -2.10. The summed E-state index contributed by atoms with van der Waals surface area (Å²) >= 11 is 0. The molecule has 0 radical (unpaired) electrons. The number of hydrogen-bond acceptors (Lipinski definition) is 4. The van der Waals surface area contributed by atoms with Crippen LogP contribution in [0.5, 0.6) is 0 Å². The Morgan fingerprint density at radius 2 is 2.04 bits per heavy atom. The lowest BCUT2D eigenvalue weighted by Crippen LogP contribution is -2.45. The van der Waals surface area contributed by atoms with Crippen LogP contribution in [0.2, 0.25) is 0 Å². The second-order valence-corrected chi connectivity index (χ2v) is 7.85. The number of fused-ring (bicyclic) bond motifs is 4. The fraction of sp³-hybridized carbons (Fsp3) is 0.500.